The minimum atomic E-state index is -0.711. The van der Waals surface area contributed by atoms with Crippen LogP contribution >= 0.6 is 22.6 Å². The molecule has 1 aliphatic rings. The molecule has 6 nitrogen and oxygen atoms in total. The smallest absolute Gasteiger partial charge is 0.318 e. The van der Waals surface area contributed by atoms with Crippen molar-refractivity contribution in [2.45, 2.75) is 20.8 Å². The Kier molecular flexibility index (Phi) is 4.74. The zero-order valence-corrected chi connectivity index (χ0v) is 17.0. The highest BCUT2D eigenvalue weighted by atomic mass is 127. The number of aryl methyl sites for hydroxylation is 2. The first-order valence-corrected chi connectivity index (χ1v) is 9.09. The maximum Gasteiger partial charge on any atom is 0.331 e. The lowest BCUT2D eigenvalue weighted by molar-refractivity contribution is -0.129. The van der Waals surface area contributed by atoms with Gasteiger partial charge in [0.2, 0.25) is 0 Å². The minimum Gasteiger partial charge on any atom is -0.318 e. The molecule has 3 rings (SSSR count). The van der Waals surface area contributed by atoms with Crippen molar-refractivity contribution < 1.29 is 14.4 Å². The lowest BCUT2D eigenvalue weighted by atomic mass is 10.1. The van der Waals surface area contributed by atoms with E-state index in [1.165, 1.54) is 16.2 Å². The van der Waals surface area contributed by atoms with E-state index in [-0.39, 0.29) is 5.57 Å². The van der Waals surface area contributed by atoms with E-state index in [9.17, 15) is 14.4 Å². The number of barbiturate groups is 1. The minimum absolute atomic E-state index is 0.0499. The number of halogens is 1. The molecule has 0 aliphatic carbocycles. The zero-order valence-electron chi connectivity index (χ0n) is 14.9. The molecule has 1 aliphatic heterocycles. The van der Waals surface area contributed by atoms with Gasteiger partial charge in [0, 0.05) is 27.7 Å². The van der Waals surface area contributed by atoms with E-state index in [0.717, 1.165) is 27.5 Å². The number of imide groups is 2. The number of likely N-dealkylation sites (N-methyl/N-ethyl adjacent to an activating group) is 1. The number of aromatic nitrogens is 1. The standard InChI is InChI=1S/C19H18IN3O3/c1-10-7-14(5-6-16(10)20)23-11(2)8-13(12(23)3)9-15-17(24)21-19(26)22(4)18(15)25/h5-9H,1-4H3,(H,21,24,26)/b15-9+. The fourth-order valence-corrected chi connectivity index (χ4v) is 3.34. The molecule has 1 aromatic carbocycles. The number of hydrogen-bond acceptors (Lipinski definition) is 3. The Bertz CT molecular complexity index is 988. The van der Waals surface area contributed by atoms with Crippen molar-refractivity contribution in [1.82, 2.24) is 14.8 Å². The summed E-state index contributed by atoms with van der Waals surface area (Å²) in [6, 6.07) is 7.41. The van der Waals surface area contributed by atoms with Gasteiger partial charge in [-0.3, -0.25) is 19.8 Å². The molecule has 7 heteroatoms. The second kappa shape index (κ2) is 6.71. The van der Waals surface area contributed by atoms with E-state index in [1.807, 2.05) is 26.0 Å². The third-order valence-electron chi connectivity index (χ3n) is 4.47. The molecule has 134 valence electrons. The first-order chi connectivity index (χ1) is 12.2. The predicted octanol–water partition coefficient (Wildman–Crippen LogP) is 3.10. The first kappa shape index (κ1) is 18.4. The number of hydrogen-bond donors (Lipinski definition) is 1. The molecule has 0 saturated carbocycles. The van der Waals surface area contributed by atoms with Gasteiger partial charge < -0.3 is 4.57 Å². The molecule has 0 radical (unpaired) electrons. The van der Waals surface area contributed by atoms with Gasteiger partial charge in [0.15, 0.2) is 0 Å². The van der Waals surface area contributed by atoms with Crippen LogP contribution in [0.15, 0.2) is 29.8 Å². The van der Waals surface area contributed by atoms with Crippen LogP contribution in [0.2, 0.25) is 0 Å². The van der Waals surface area contributed by atoms with Crippen LogP contribution < -0.4 is 5.32 Å². The van der Waals surface area contributed by atoms with E-state index >= 15 is 0 Å². The third-order valence-corrected chi connectivity index (χ3v) is 5.68. The van der Waals surface area contributed by atoms with E-state index in [4.69, 9.17) is 0 Å². The molecule has 0 unspecified atom stereocenters. The van der Waals surface area contributed by atoms with Crippen molar-refractivity contribution in [3.05, 3.63) is 55.9 Å². The molecular formula is C19H18IN3O3. The van der Waals surface area contributed by atoms with Crippen LogP contribution in [0.1, 0.15) is 22.5 Å². The summed E-state index contributed by atoms with van der Waals surface area (Å²) in [6.45, 7) is 5.97. The summed E-state index contributed by atoms with van der Waals surface area (Å²) in [5.41, 5.74) is 4.82. The average Bonchev–Trinajstić information content (AvgIpc) is 2.86. The maximum absolute atomic E-state index is 12.3. The summed E-state index contributed by atoms with van der Waals surface area (Å²) >= 11 is 2.29. The molecule has 1 N–H and O–H groups in total. The summed E-state index contributed by atoms with van der Waals surface area (Å²) < 4.78 is 3.27. The number of benzene rings is 1. The molecule has 4 amide bonds. The molecule has 0 atom stereocenters. The molecule has 1 aromatic heterocycles. The van der Waals surface area contributed by atoms with Gasteiger partial charge in [-0.15, -0.1) is 0 Å². The Morgan fingerprint density at radius 3 is 2.42 bits per heavy atom. The van der Waals surface area contributed by atoms with Crippen molar-refractivity contribution in [2.75, 3.05) is 7.05 Å². The Balaban J connectivity index is 2.08. The highest BCUT2D eigenvalue weighted by Gasteiger charge is 2.33. The third kappa shape index (κ3) is 3.07. The van der Waals surface area contributed by atoms with Gasteiger partial charge in [-0.2, -0.15) is 0 Å². The summed E-state index contributed by atoms with van der Waals surface area (Å²) in [4.78, 5) is 36.8. The molecule has 0 spiro atoms. The summed E-state index contributed by atoms with van der Waals surface area (Å²) in [6.07, 6.45) is 1.54. The number of rotatable bonds is 2. The van der Waals surface area contributed by atoms with Crippen LogP contribution in [0, 0.1) is 24.3 Å². The van der Waals surface area contributed by atoms with Crippen LogP contribution in [-0.2, 0) is 9.59 Å². The van der Waals surface area contributed by atoms with E-state index in [2.05, 4.69) is 51.5 Å². The van der Waals surface area contributed by atoms with Gasteiger partial charge in [0.25, 0.3) is 11.8 Å². The quantitative estimate of drug-likeness (QED) is 0.423. The number of carbonyl (C=O) groups is 3. The van der Waals surface area contributed by atoms with Gasteiger partial charge in [0.1, 0.15) is 5.57 Å². The van der Waals surface area contributed by atoms with Crippen LogP contribution in [0.4, 0.5) is 4.79 Å². The Morgan fingerprint density at radius 2 is 1.77 bits per heavy atom. The SMILES string of the molecule is Cc1cc(-n2c(C)cc(/C=C3\C(=O)NC(=O)N(C)C3=O)c2C)ccc1I. The average molecular weight is 463 g/mol. The van der Waals surface area contributed by atoms with Crippen LogP contribution in [0.25, 0.3) is 11.8 Å². The molecule has 2 heterocycles. The fourth-order valence-electron chi connectivity index (χ4n) is 3.00. The summed E-state index contributed by atoms with van der Waals surface area (Å²) in [7, 11) is 1.34. The topological polar surface area (TPSA) is 71.4 Å². The molecule has 26 heavy (non-hydrogen) atoms. The Morgan fingerprint density at radius 1 is 1.08 bits per heavy atom. The number of amides is 4. The van der Waals surface area contributed by atoms with Crippen LogP contribution in [-0.4, -0.2) is 34.4 Å². The van der Waals surface area contributed by atoms with E-state index < -0.39 is 17.8 Å². The predicted molar refractivity (Wildman–Crippen MR) is 107 cm³/mol. The monoisotopic (exact) mass is 463 g/mol. The van der Waals surface area contributed by atoms with Gasteiger partial charge >= 0.3 is 6.03 Å². The maximum atomic E-state index is 12.3. The van der Waals surface area contributed by atoms with Crippen molar-refractivity contribution in [2.24, 2.45) is 0 Å². The summed E-state index contributed by atoms with van der Waals surface area (Å²) in [5, 5.41) is 2.17. The Hall–Kier alpha value is -2.42. The van der Waals surface area contributed by atoms with Gasteiger partial charge in [-0.05, 0) is 84.8 Å². The van der Waals surface area contributed by atoms with Crippen molar-refractivity contribution in [3.63, 3.8) is 0 Å². The molecule has 0 bridgehead atoms. The lowest BCUT2D eigenvalue weighted by Crippen LogP contribution is -2.52. The van der Waals surface area contributed by atoms with Crippen molar-refractivity contribution in [1.29, 1.82) is 0 Å². The molecular weight excluding hydrogens is 445 g/mol. The fraction of sp³-hybridized carbons (Fsp3) is 0.211. The van der Waals surface area contributed by atoms with Gasteiger partial charge in [-0.25, -0.2) is 4.79 Å². The zero-order chi connectivity index (χ0) is 19.2. The number of urea groups is 1. The van der Waals surface area contributed by atoms with E-state index in [1.54, 1.807) is 6.08 Å². The summed E-state index contributed by atoms with van der Waals surface area (Å²) in [5.74, 6) is -1.28. The second-order valence-electron chi connectivity index (χ2n) is 6.28. The molecule has 2 aromatic rings. The van der Waals surface area contributed by atoms with Crippen molar-refractivity contribution in [3.8, 4) is 5.69 Å². The van der Waals surface area contributed by atoms with Gasteiger partial charge in [0.05, 0.1) is 0 Å². The van der Waals surface area contributed by atoms with Crippen LogP contribution in [0.3, 0.4) is 0 Å². The Labute approximate surface area is 165 Å². The normalized spacial score (nSPS) is 16.4. The van der Waals surface area contributed by atoms with Crippen molar-refractivity contribution >= 4 is 46.5 Å². The highest BCUT2D eigenvalue weighted by molar-refractivity contribution is 14.1. The second-order valence-corrected chi connectivity index (χ2v) is 7.44. The van der Waals surface area contributed by atoms with Crippen LogP contribution in [0.5, 0.6) is 0 Å². The highest BCUT2D eigenvalue weighted by Crippen LogP contribution is 2.25. The van der Waals surface area contributed by atoms with Gasteiger partial charge in [-0.1, -0.05) is 0 Å². The number of carbonyl (C=O) groups excluding carboxylic acids is 3. The molecule has 1 saturated heterocycles. The first-order valence-electron chi connectivity index (χ1n) is 8.01. The largest absolute Gasteiger partial charge is 0.331 e. The lowest BCUT2D eigenvalue weighted by Gasteiger charge is -2.22. The van der Waals surface area contributed by atoms with E-state index in [0.29, 0.717) is 0 Å². The molecule has 1 fully saturated rings. The number of nitrogens with one attached hydrogen (secondary N) is 1. The number of nitrogens with zero attached hydrogens (tertiary/aromatic N) is 2.